The van der Waals surface area contributed by atoms with Crippen molar-refractivity contribution < 1.29 is 4.42 Å². The molecule has 0 unspecified atom stereocenters. The average molecular weight is 286 g/mol. The molecule has 0 spiro atoms. The molecule has 104 valence electrons. The van der Waals surface area contributed by atoms with E-state index in [1.165, 1.54) is 0 Å². The first-order valence-corrected chi connectivity index (χ1v) is 6.48. The van der Waals surface area contributed by atoms with E-state index in [0.717, 1.165) is 11.1 Å². The molecule has 2 aromatic heterocycles. The smallest absolute Gasteiger partial charge is 0.152 e. The standard InChI is InChI=1S/C17H10N4O/c18-9-11-3-5-12(6-4-11)14-8-13(10-19)17(20)21-16(14)15-2-1-7-22-15/h1-8H,(H2,20,21). The zero-order chi connectivity index (χ0) is 15.5. The van der Waals surface area contributed by atoms with Crippen LogP contribution in [0.4, 0.5) is 5.82 Å². The van der Waals surface area contributed by atoms with E-state index in [2.05, 4.69) is 11.1 Å². The van der Waals surface area contributed by atoms with E-state index >= 15 is 0 Å². The van der Waals surface area contributed by atoms with Crippen molar-refractivity contribution in [1.29, 1.82) is 10.5 Å². The molecule has 5 heteroatoms. The summed E-state index contributed by atoms with van der Waals surface area (Å²) in [6, 6.07) is 16.4. The summed E-state index contributed by atoms with van der Waals surface area (Å²) >= 11 is 0. The second-order valence-electron chi connectivity index (χ2n) is 4.60. The van der Waals surface area contributed by atoms with Gasteiger partial charge in [-0.1, -0.05) is 12.1 Å². The predicted molar refractivity (Wildman–Crippen MR) is 81.2 cm³/mol. The van der Waals surface area contributed by atoms with Crippen molar-refractivity contribution in [1.82, 2.24) is 4.98 Å². The van der Waals surface area contributed by atoms with Crippen LogP contribution in [-0.4, -0.2) is 4.98 Å². The molecule has 5 nitrogen and oxygen atoms in total. The van der Waals surface area contributed by atoms with Gasteiger partial charge in [-0.3, -0.25) is 0 Å². The first-order valence-electron chi connectivity index (χ1n) is 6.48. The number of furan rings is 1. The van der Waals surface area contributed by atoms with Crippen LogP contribution >= 0.6 is 0 Å². The summed E-state index contributed by atoms with van der Waals surface area (Å²) < 4.78 is 5.40. The van der Waals surface area contributed by atoms with Crippen LogP contribution in [0.15, 0.2) is 53.1 Å². The third kappa shape index (κ3) is 2.28. The number of pyridine rings is 1. The molecule has 2 N–H and O–H groups in total. The Morgan fingerprint density at radius 3 is 2.41 bits per heavy atom. The lowest BCUT2D eigenvalue weighted by Crippen LogP contribution is -1.99. The second kappa shape index (κ2) is 5.43. The van der Waals surface area contributed by atoms with Crippen LogP contribution in [-0.2, 0) is 0 Å². The van der Waals surface area contributed by atoms with Gasteiger partial charge in [-0.15, -0.1) is 0 Å². The molecule has 0 aliphatic heterocycles. The molecular formula is C17H10N4O. The van der Waals surface area contributed by atoms with E-state index in [9.17, 15) is 0 Å². The van der Waals surface area contributed by atoms with Gasteiger partial charge in [-0.05, 0) is 35.9 Å². The third-order valence-corrected chi connectivity index (χ3v) is 3.25. The van der Waals surface area contributed by atoms with Gasteiger partial charge in [0.25, 0.3) is 0 Å². The maximum Gasteiger partial charge on any atom is 0.152 e. The minimum atomic E-state index is 0.159. The minimum absolute atomic E-state index is 0.159. The monoisotopic (exact) mass is 286 g/mol. The van der Waals surface area contributed by atoms with Gasteiger partial charge in [0.05, 0.1) is 23.5 Å². The Hall–Kier alpha value is -3.57. The first-order chi connectivity index (χ1) is 10.7. The maximum absolute atomic E-state index is 9.16. The van der Waals surface area contributed by atoms with E-state index in [1.807, 2.05) is 6.07 Å². The minimum Gasteiger partial charge on any atom is -0.463 e. The highest BCUT2D eigenvalue weighted by Crippen LogP contribution is 2.33. The van der Waals surface area contributed by atoms with Gasteiger partial charge in [0.15, 0.2) is 5.76 Å². The third-order valence-electron chi connectivity index (χ3n) is 3.25. The zero-order valence-corrected chi connectivity index (χ0v) is 11.4. The summed E-state index contributed by atoms with van der Waals surface area (Å²) in [6.45, 7) is 0. The van der Waals surface area contributed by atoms with Crippen molar-refractivity contribution in [3.8, 4) is 34.7 Å². The van der Waals surface area contributed by atoms with E-state index < -0.39 is 0 Å². The van der Waals surface area contributed by atoms with Crippen molar-refractivity contribution >= 4 is 5.82 Å². The van der Waals surface area contributed by atoms with Crippen molar-refractivity contribution in [2.24, 2.45) is 0 Å². The lowest BCUT2D eigenvalue weighted by molar-refractivity contribution is 0.580. The topological polar surface area (TPSA) is 99.6 Å². The summed E-state index contributed by atoms with van der Waals surface area (Å²) in [4.78, 5) is 4.30. The summed E-state index contributed by atoms with van der Waals surface area (Å²) in [7, 11) is 0. The molecule has 0 fully saturated rings. The number of rotatable bonds is 2. The van der Waals surface area contributed by atoms with Crippen LogP contribution in [0, 0.1) is 22.7 Å². The molecule has 3 rings (SSSR count). The van der Waals surface area contributed by atoms with Gasteiger partial charge < -0.3 is 10.2 Å². The number of nitriles is 2. The van der Waals surface area contributed by atoms with E-state index in [-0.39, 0.29) is 5.82 Å². The molecule has 0 saturated carbocycles. The Labute approximate surface area is 126 Å². The first kappa shape index (κ1) is 13.4. The quantitative estimate of drug-likeness (QED) is 0.778. The summed E-state index contributed by atoms with van der Waals surface area (Å²) in [5.41, 5.74) is 8.79. The Kier molecular flexibility index (Phi) is 3.31. The van der Waals surface area contributed by atoms with Gasteiger partial charge in [0.2, 0.25) is 0 Å². The van der Waals surface area contributed by atoms with Crippen LogP contribution < -0.4 is 5.73 Å². The van der Waals surface area contributed by atoms with E-state index in [0.29, 0.717) is 22.6 Å². The average Bonchev–Trinajstić information content (AvgIpc) is 3.09. The fraction of sp³-hybridized carbons (Fsp3) is 0. The fourth-order valence-electron chi connectivity index (χ4n) is 2.16. The molecule has 0 radical (unpaired) electrons. The SMILES string of the molecule is N#Cc1ccc(-c2cc(C#N)c(N)nc2-c2ccco2)cc1. The number of nitrogens with two attached hydrogens (primary N) is 1. The van der Waals surface area contributed by atoms with Crippen LogP contribution in [0.3, 0.4) is 0 Å². The molecule has 1 aromatic carbocycles. The van der Waals surface area contributed by atoms with Crippen LogP contribution in [0.25, 0.3) is 22.6 Å². The van der Waals surface area contributed by atoms with Gasteiger partial charge in [0, 0.05) is 5.56 Å². The number of nitrogens with zero attached hydrogens (tertiary/aromatic N) is 3. The lowest BCUT2D eigenvalue weighted by Gasteiger charge is -2.09. The van der Waals surface area contributed by atoms with Crippen LogP contribution in [0.2, 0.25) is 0 Å². The Balaban J connectivity index is 2.24. The molecule has 0 atom stereocenters. The molecule has 0 saturated heterocycles. The van der Waals surface area contributed by atoms with Crippen LogP contribution in [0.5, 0.6) is 0 Å². The number of hydrogen-bond acceptors (Lipinski definition) is 5. The normalized spacial score (nSPS) is 9.91. The van der Waals surface area contributed by atoms with E-state index in [4.69, 9.17) is 20.7 Å². The van der Waals surface area contributed by atoms with Crippen LogP contribution in [0.1, 0.15) is 11.1 Å². The molecule has 2 heterocycles. The summed E-state index contributed by atoms with van der Waals surface area (Å²) in [5, 5.41) is 18.0. The molecule has 0 aliphatic carbocycles. The highest BCUT2D eigenvalue weighted by Gasteiger charge is 2.15. The summed E-state index contributed by atoms with van der Waals surface area (Å²) in [5.74, 6) is 0.724. The fourth-order valence-corrected chi connectivity index (χ4v) is 2.16. The molecule has 3 aromatic rings. The molecule has 0 amide bonds. The number of benzene rings is 1. The second-order valence-corrected chi connectivity index (χ2v) is 4.60. The Morgan fingerprint density at radius 1 is 1.05 bits per heavy atom. The Bertz CT molecular complexity index is 898. The molecule has 22 heavy (non-hydrogen) atoms. The largest absolute Gasteiger partial charge is 0.463 e. The van der Waals surface area contributed by atoms with Gasteiger partial charge >= 0.3 is 0 Å². The van der Waals surface area contributed by atoms with Crippen molar-refractivity contribution in [2.75, 3.05) is 5.73 Å². The highest BCUT2D eigenvalue weighted by molar-refractivity contribution is 5.81. The van der Waals surface area contributed by atoms with Crippen molar-refractivity contribution in [2.45, 2.75) is 0 Å². The lowest BCUT2D eigenvalue weighted by atomic mass is 9.99. The number of aromatic nitrogens is 1. The molecule has 0 aliphatic rings. The predicted octanol–water partition coefficient (Wildman–Crippen LogP) is 3.33. The zero-order valence-electron chi connectivity index (χ0n) is 11.4. The summed E-state index contributed by atoms with van der Waals surface area (Å²) in [6.07, 6.45) is 1.55. The van der Waals surface area contributed by atoms with E-state index in [1.54, 1.807) is 48.7 Å². The van der Waals surface area contributed by atoms with Gasteiger partial charge in [0.1, 0.15) is 17.6 Å². The van der Waals surface area contributed by atoms with Gasteiger partial charge in [-0.25, -0.2) is 4.98 Å². The maximum atomic E-state index is 9.16. The number of anilines is 1. The Morgan fingerprint density at radius 2 is 1.82 bits per heavy atom. The molecule has 0 bridgehead atoms. The molecular weight excluding hydrogens is 276 g/mol. The number of hydrogen-bond donors (Lipinski definition) is 1. The van der Waals surface area contributed by atoms with Crippen molar-refractivity contribution in [3.63, 3.8) is 0 Å². The highest BCUT2D eigenvalue weighted by atomic mass is 16.3. The van der Waals surface area contributed by atoms with Crippen molar-refractivity contribution in [3.05, 3.63) is 59.9 Å². The van der Waals surface area contributed by atoms with Gasteiger partial charge in [-0.2, -0.15) is 10.5 Å². The number of nitrogen functional groups attached to an aromatic ring is 1.